The van der Waals surface area contributed by atoms with Crippen molar-refractivity contribution in [1.29, 1.82) is 0 Å². The summed E-state index contributed by atoms with van der Waals surface area (Å²) in [5.41, 5.74) is 2.24. The number of nitrogens with zero attached hydrogens (tertiary/aromatic N) is 1. The molecule has 2 amide bonds. The van der Waals surface area contributed by atoms with Gasteiger partial charge in [0, 0.05) is 46.3 Å². The first kappa shape index (κ1) is 23.6. The molecule has 5 rings (SSSR count). The fourth-order valence-corrected chi connectivity index (χ4v) is 5.00. The molecule has 0 saturated heterocycles. The molecule has 5 nitrogen and oxygen atoms in total. The van der Waals surface area contributed by atoms with Crippen molar-refractivity contribution in [3.8, 4) is 0 Å². The molecule has 0 atom stereocenters. The summed E-state index contributed by atoms with van der Waals surface area (Å²) < 4.78 is 15.2. The van der Waals surface area contributed by atoms with Gasteiger partial charge in [0.05, 0.1) is 5.75 Å². The van der Waals surface area contributed by atoms with Crippen molar-refractivity contribution in [3.05, 3.63) is 109 Å². The fraction of sp³-hybridized carbons (Fsp3) is 0.103. The zero-order valence-electron chi connectivity index (χ0n) is 19.4. The molecule has 1 aromatic heterocycles. The summed E-state index contributed by atoms with van der Waals surface area (Å²) in [7, 11) is 0. The number of halogens is 1. The second-order valence-corrected chi connectivity index (χ2v) is 9.38. The van der Waals surface area contributed by atoms with E-state index in [0.29, 0.717) is 24.3 Å². The van der Waals surface area contributed by atoms with E-state index in [2.05, 4.69) is 15.2 Å². The number of aromatic nitrogens is 1. The van der Waals surface area contributed by atoms with Crippen molar-refractivity contribution >= 4 is 50.9 Å². The minimum Gasteiger partial charge on any atom is -0.350 e. The van der Waals surface area contributed by atoms with E-state index in [9.17, 15) is 14.0 Å². The first-order valence-electron chi connectivity index (χ1n) is 11.6. The highest BCUT2D eigenvalue weighted by atomic mass is 32.2. The van der Waals surface area contributed by atoms with Gasteiger partial charge in [0.2, 0.25) is 5.91 Å². The maximum Gasteiger partial charge on any atom is 0.251 e. The number of hydrogen-bond donors (Lipinski definition) is 2. The zero-order valence-corrected chi connectivity index (χ0v) is 20.2. The van der Waals surface area contributed by atoms with Gasteiger partial charge < -0.3 is 15.2 Å². The Labute approximate surface area is 212 Å². The molecule has 0 spiro atoms. The Balaban J connectivity index is 1.21. The van der Waals surface area contributed by atoms with Crippen LogP contribution >= 0.6 is 11.8 Å². The lowest BCUT2D eigenvalue weighted by Crippen LogP contribution is -2.27. The summed E-state index contributed by atoms with van der Waals surface area (Å²) in [6.07, 6.45) is 2.02. The molecule has 5 aromatic rings. The third-order valence-corrected chi connectivity index (χ3v) is 6.93. The van der Waals surface area contributed by atoms with Crippen LogP contribution in [0.2, 0.25) is 0 Å². The lowest BCUT2D eigenvalue weighted by atomic mass is 10.1. The molecular weight excluding hydrogens is 473 g/mol. The Morgan fingerprint density at radius 2 is 1.61 bits per heavy atom. The monoisotopic (exact) mass is 497 g/mol. The number of anilines is 1. The summed E-state index contributed by atoms with van der Waals surface area (Å²) in [5.74, 6) is -0.386. The van der Waals surface area contributed by atoms with Crippen LogP contribution in [0.25, 0.3) is 21.7 Å². The molecular formula is C29H24FN3O2S. The minimum atomic E-state index is -0.344. The Hall–Kier alpha value is -4.10. The molecule has 7 heteroatoms. The predicted octanol–water partition coefficient (Wildman–Crippen LogP) is 6.09. The number of fused-ring (bicyclic) bond motifs is 2. The van der Waals surface area contributed by atoms with Crippen molar-refractivity contribution in [3.63, 3.8) is 0 Å². The Morgan fingerprint density at radius 1 is 0.861 bits per heavy atom. The highest BCUT2D eigenvalue weighted by Crippen LogP contribution is 2.30. The summed E-state index contributed by atoms with van der Waals surface area (Å²) in [5, 5.41) is 8.99. The van der Waals surface area contributed by atoms with Gasteiger partial charge in [-0.3, -0.25) is 9.59 Å². The van der Waals surface area contributed by atoms with Gasteiger partial charge >= 0.3 is 0 Å². The Bertz CT molecular complexity index is 1550. The first-order chi connectivity index (χ1) is 17.6. The van der Waals surface area contributed by atoms with Gasteiger partial charge in [-0.15, -0.1) is 11.8 Å². The molecule has 0 aliphatic rings. The number of benzene rings is 4. The Kier molecular flexibility index (Phi) is 7.00. The SMILES string of the molecule is O=C(CSc1cn(CCNC(=O)c2ccc3ccccc3c2)c2ccccc12)Nc1ccc(F)cc1. The summed E-state index contributed by atoms with van der Waals surface area (Å²) in [6.45, 7) is 1.07. The zero-order chi connectivity index (χ0) is 24.9. The van der Waals surface area contributed by atoms with E-state index in [1.54, 1.807) is 0 Å². The smallest absolute Gasteiger partial charge is 0.251 e. The molecule has 0 aliphatic heterocycles. The third-order valence-electron chi connectivity index (χ3n) is 5.89. The van der Waals surface area contributed by atoms with Crippen molar-refractivity contribution in [2.24, 2.45) is 0 Å². The minimum absolute atomic E-state index is 0.107. The Morgan fingerprint density at radius 3 is 2.44 bits per heavy atom. The van der Waals surface area contributed by atoms with Crippen LogP contribution in [0.5, 0.6) is 0 Å². The lowest BCUT2D eigenvalue weighted by molar-refractivity contribution is -0.113. The van der Waals surface area contributed by atoms with Gasteiger partial charge in [-0.25, -0.2) is 4.39 Å². The maximum atomic E-state index is 13.1. The number of thioether (sulfide) groups is 1. The molecule has 0 fully saturated rings. The van der Waals surface area contributed by atoms with Crippen LogP contribution in [-0.4, -0.2) is 28.7 Å². The van der Waals surface area contributed by atoms with Crippen LogP contribution < -0.4 is 10.6 Å². The molecule has 0 saturated carbocycles. The van der Waals surface area contributed by atoms with Crippen LogP contribution in [0.1, 0.15) is 10.4 Å². The second-order valence-electron chi connectivity index (χ2n) is 8.37. The van der Waals surface area contributed by atoms with E-state index < -0.39 is 0 Å². The van der Waals surface area contributed by atoms with Crippen LogP contribution in [0.15, 0.2) is 102 Å². The number of amides is 2. The van der Waals surface area contributed by atoms with Crippen molar-refractivity contribution in [2.75, 3.05) is 17.6 Å². The number of rotatable bonds is 8. The van der Waals surface area contributed by atoms with E-state index in [0.717, 1.165) is 26.6 Å². The van der Waals surface area contributed by atoms with Crippen LogP contribution in [-0.2, 0) is 11.3 Å². The molecule has 2 N–H and O–H groups in total. The van der Waals surface area contributed by atoms with Gasteiger partial charge in [0.25, 0.3) is 5.91 Å². The third kappa shape index (κ3) is 5.42. The average molecular weight is 498 g/mol. The van der Waals surface area contributed by atoms with Crippen LogP contribution in [0, 0.1) is 5.82 Å². The van der Waals surface area contributed by atoms with Gasteiger partial charge in [-0.2, -0.15) is 0 Å². The second kappa shape index (κ2) is 10.7. The molecule has 4 aromatic carbocycles. The molecule has 0 bridgehead atoms. The standard InChI is InChI=1S/C29H24FN3O2S/c30-23-11-13-24(14-12-23)32-28(34)19-36-27-18-33(26-8-4-3-7-25(26)27)16-15-31-29(35)22-10-9-20-5-1-2-6-21(20)17-22/h1-14,17-18H,15-16,19H2,(H,31,35)(H,32,34). The topological polar surface area (TPSA) is 63.1 Å². The highest BCUT2D eigenvalue weighted by Gasteiger charge is 2.12. The van der Waals surface area contributed by atoms with Gasteiger partial charge in [0.1, 0.15) is 5.82 Å². The summed E-state index contributed by atoms with van der Waals surface area (Å²) in [6, 6.07) is 27.4. The molecule has 36 heavy (non-hydrogen) atoms. The largest absolute Gasteiger partial charge is 0.350 e. The van der Waals surface area contributed by atoms with Crippen LogP contribution in [0.4, 0.5) is 10.1 Å². The van der Waals surface area contributed by atoms with E-state index in [1.807, 2.05) is 72.9 Å². The normalized spacial score (nSPS) is 11.0. The highest BCUT2D eigenvalue weighted by molar-refractivity contribution is 8.00. The average Bonchev–Trinajstić information content (AvgIpc) is 3.26. The summed E-state index contributed by atoms with van der Waals surface area (Å²) in [4.78, 5) is 26.1. The van der Waals surface area contributed by atoms with Crippen molar-refractivity contribution in [2.45, 2.75) is 11.4 Å². The van der Waals surface area contributed by atoms with E-state index in [1.165, 1.54) is 36.0 Å². The number of carbonyl (C=O) groups excluding carboxylic acids is 2. The number of carbonyl (C=O) groups is 2. The summed E-state index contributed by atoms with van der Waals surface area (Å²) >= 11 is 1.44. The number of hydrogen-bond acceptors (Lipinski definition) is 3. The predicted molar refractivity (Wildman–Crippen MR) is 144 cm³/mol. The van der Waals surface area contributed by atoms with Crippen molar-refractivity contribution < 1.29 is 14.0 Å². The molecule has 1 heterocycles. The van der Waals surface area contributed by atoms with E-state index >= 15 is 0 Å². The number of nitrogens with one attached hydrogen (secondary N) is 2. The fourth-order valence-electron chi connectivity index (χ4n) is 4.11. The maximum absolute atomic E-state index is 13.1. The van der Waals surface area contributed by atoms with Crippen molar-refractivity contribution in [1.82, 2.24) is 9.88 Å². The van der Waals surface area contributed by atoms with E-state index in [4.69, 9.17) is 0 Å². The molecule has 180 valence electrons. The van der Waals surface area contributed by atoms with Gasteiger partial charge in [-0.05, 0) is 53.2 Å². The first-order valence-corrected chi connectivity index (χ1v) is 12.6. The molecule has 0 unspecified atom stereocenters. The molecule has 0 radical (unpaired) electrons. The number of para-hydroxylation sites is 1. The van der Waals surface area contributed by atoms with Crippen LogP contribution in [0.3, 0.4) is 0 Å². The molecule has 0 aliphatic carbocycles. The van der Waals surface area contributed by atoms with Gasteiger partial charge in [-0.1, -0.05) is 48.5 Å². The van der Waals surface area contributed by atoms with E-state index in [-0.39, 0.29) is 23.4 Å². The quantitative estimate of drug-likeness (QED) is 0.255. The van der Waals surface area contributed by atoms with Gasteiger partial charge in [0.15, 0.2) is 0 Å². The lowest BCUT2D eigenvalue weighted by Gasteiger charge is -2.08.